The largest absolute Gasteiger partial charge is 0.372 e. The van der Waals surface area contributed by atoms with Crippen LogP contribution >= 0.6 is 0 Å². The summed E-state index contributed by atoms with van der Waals surface area (Å²) in [5.41, 5.74) is 5.55. The van der Waals surface area contributed by atoms with Crippen molar-refractivity contribution in [1.29, 1.82) is 0 Å². The lowest BCUT2D eigenvalue weighted by Crippen LogP contribution is -2.29. The van der Waals surface area contributed by atoms with Gasteiger partial charge in [0.25, 0.3) is 0 Å². The first-order chi connectivity index (χ1) is 13.4. The van der Waals surface area contributed by atoms with Gasteiger partial charge in [-0.05, 0) is 73.4 Å². The van der Waals surface area contributed by atoms with Crippen molar-refractivity contribution < 1.29 is 0 Å². The summed E-state index contributed by atoms with van der Waals surface area (Å²) in [6, 6.07) is 27.1. The summed E-state index contributed by atoms with van der Waals surface area (Å²) in [5.74, 6) is 0. The zero-order valence-electron chi connectivity index (χ0n) is 15.5. The van der Waals surface area contributed by atoms with Crippen LogP contribution in [0.3, 0.4) is 0 Å². The van der Waals surface area contributed by atoms with E-state index >= 15 is 0 Å². The second-order valence-electron chi connectivity index (χ2n) is 6.94. The van der Waals surface area contributed by atoms with Gasteiger partial charge in [-0.1, -0.05) is 30.3 Å². The Morgan fingerprint density at radius 2 is 1.37 bits per heavy atom. The number of anilines is 3. The van der Waals surface area contributed by atoms with Gasteiger partial charge in [0.1, 0.15) is 0 Å². The molecule has 3 aromatic rings. The quantitative estimate of drug-likeness (QED) is 0.554. The summed E-state index contributed by atoms with van der Waals surface area (Å²) in [4.78, 5) is 7.08. The lowest BCUT2D eigenvalue weighted by atomic mass is 10.1. The molecule has 0 bridgehead atoms. The highest BCUT2D eigenvalue weighted by molar-refractivity contribution is 5.82. The summed E-state index contributed by atoms with van der Waals surface area (Å²) < 4.78 is 0. The minimum absolute atomic E-state index is 0.953. The smallest absolute Gasteiger partial charge is 0.0631 e. The molecule has 0 aliphatic carbocycles. The first-order valence-corrected chi connectivity index (χ1v) is 9.68. The minimum atomic E-state index is 0.953. The van der Waals surface area contributed by atoms with E-state index in [9.17, 15) is 0 Å². The molecule has 27 heavy (non-hydrogen) atoms. The molecule has 1 aliphatic heterocycles. The third-order valence-electron chi connectivity index (χ3n) is 4.91. The van der Waals surface area contributed by atoms with E-state index in [0.717, 1.165) is 22.6 Å². The molecule has 1 heterocycles. The molecule has 0 saturated carbocycles. The van der Waals surface area contributed by atoms with Gasteiger partial charge in [0, 0.05) is 36.4 Å². The molecule has 0 unspecified atom stereocenters. The predicted octanol–water partition coefficient (Wildman–Crippen LogP) is 6.17. The highest BCUT2D eigenvalue weighted by Gasteiger charge is 2.10. The zero-order valence-corrected chi connectivity index (χ0v) is 15.5. The van der Waals surface area contributed by atoms with Gasteiger partial charge in [-0.15, -0.1) is 0 Å². The molecular weight excluding hydrogens is 330 g/mol. The maximum Gasteiger partial charge on any atom is 0.0631 e. The van der Waals surface area contributed by atoms with Gasteiger partial charge in [0.2, 0.25) is 0 Å². The normalized spacial score (nSPS) is 14.4. The maximum absolute atomic E-state index is 4.60. The van der Waals surface area contributed by atoms with Gasteiger partial charge < -0.3 is 10.2 Å². The van der Waals surface area contributed by atoms with Gasteiger partial charge in [-0.3, -0.25) is 4.99 Å². The highest BCUT2D eigenvalue weighted by Crippen LogP contribution is 2.22. The highest BCUT2D eigenvalue weighted by atomic mass is 15.1. The van der Waals surface area contributed by atoms with Crippen LogP contribution in [-0.2, 0) is 0 Å². The Kier molecular flexibility index (Phi) is 5.49. The van der Waals surface area contributed by atoms with Crippen LogP contribution < -0.4 is 10.2 Å². The number of nitrogens with zero attached hydrogens (tertiary/aromatic N) is 2. The van der Waals surface area contributed by atoms with Crippen molar-refractivity contribution >= 4 is 29.0 Å². The van der Waals surface area contributed by atoms with Crippen LogP contribution in [0.5, 0.6) is 0 Å². The topological polar surface area (TPSA) is 27.6 Å². The molecule has 0 atom stereocenters. The fourth-order valence-electron chi connectivity index (χ4n) is 3.39. The van der Waals surface area contributed by atoms with Gasteiger partial charge in [-0.25, -0.2) is 0 Å². The van der Waals surface area contributed by atoms with Crippen LogP contribution in [0.25, 0.3) is 0 Å². The number of aliphatic imine (C=N–C) groups is 1. The van der Waals surface area contributed by atoms with Crippen molar-refractivity contribution in [3.8, 4) is 0 Å². The first-order valence-electron chi connectivity index (χ1n) is 9.68. The van der Waals surface area contributed by atoms with Gasteiger partial charge in [0.15, 0.2) is 0 Å². The van der Waals surface area contributed by atoms with Crippen LogP contribution in [0.2, 0.25) is 0 Å². The molecule has 3 heteroatoms. The monoisotopic (exact) mass is 355 g/mol. The van der Waals surface area contributed by atoms with Crippen molar-refractivity contribution in [3.05, 3.63) is 84.4 Å². The number of nitrogens with one attached hydrogen (secondary N) is 1. The number of piperidine rings is 1. The van der Waals surface area contributed by atoms with E-state index < -0.39 is 0 Å². The lowest BCUT2D eigenvalue weighted by Gasteiger charge is -2.28. The van der Waals surface area contributed by atoms with Gasteiger partial charge in [-0.2, -0.15) is 0 Å². The number of para-hydroxylation sites is 1. The molecule has 4 rings (SSSR count). The molecular formula is C24H25N3. The summed E-state index contributed by atoms with van der Waals surface area (Å²) >= 11 is 0. The molecule has 0 amide bonds. The predicted molar refractivity (Wildman–Crippen MR) is 116 cm³/mol. The van der Waals surface area contributed by atoms with Crippen molar-refractivity contribution in [2.24, 2.45) is 4.99 Å². The molecule has 1 saturated heterocycles. The van der Waals surface area contributed by atoms with E-state index in [4.69, 9.17) is 0 Å². The standard InChI is InChI=1S/C24H25N3/c1-3-7-22(8-4-1)26-23-13-11-21(12-14-23)25-19-20-9-15-24(16-10-20)27-17-5-2-6-18-27/h1,3-4,7-16,19,26H,2,5-6,17-18H2. The van der Waals surface area contributed by atoms with Gasteiger partial charge >= 0.3 is 0 Å². The van der Waals surface area contributed by atoms with Gasteiger partial charge in [0.05, 0.1) is 5.69 Å². The van der Waals surface area contributed by atoms with E-state index in [1.54, 1.807) is 0 Å². The molecule has 136 valence electrons. The Labute approximate surface area is 161 Å². The van der Waals surface area contributed by atoms with Crippen molar-refractivity contribution in [3.63, 3.8) is 0 Å². The molecule has 1 N–H and O–H groups in total. The number of hydrogen-bond acceptors (Lipinski definition) is 3. The number of hydrogen-bond donors (Lipinski definition) is 1. The second kappa shape index (κ2) is 8.54. The minimum Gasteiger partial charge on any atom is -0.372 e. The van der Waals surface area contributed by atoms with Crippen LogP contribution in [0.15, 0.2) is 83.9 Å². The fraction of sp³-hybridized carbons (Fsp3) is 0.208. The fourth-order valence-corrected chi connectivity index (χ4v) is 3.39. The summed E-state index contributed by atoms with van der Waals surface area (Å²) in [7, 11) is 0. The lowest BCUT2D eigenvalue weighted by molar-refractivity contribution is 0.578. The van der Waals surface area contributed by atoms with Crippen molar-refractivity contribution in [2.75, 3.05) is 23.3 Å². The summed E-state index contributed by atoms with van der Waals surface area (Å²) in [5, 5.41) is 3.39. The Bertz CT molecular complexity index is 862. The number of benzene rings is 3. The Balaban J connectivity index is 1.37. The van der Waals surface area contributed by atoms with Crippen LogP contribution in [0, 0.1) is 0 Å². The Morgan fingerprint density at radius 1 is 0.704 bits per heavy atom. The molecule has 0 aromatic heterocycles. The average Bonchev–Trinajstić information content (AvgIpc) is 2.75. The van der Waals surface area contributed by atoms with E-state index in [2.05, 4.69) is 63.7 Å². The van der Waals surface area contributed by atoms with Crippen LogP contribution in [0.4, 0.5) is 22.7 Å². The first kappa shape index (κ1) is 17.3. The van der Waals surface area contributed by atoms with E-state index in [1.807, 2.05) is 36.5 Å². The summed E-state index contributed by atoms with van der Waals surface area (Å²) in [6.45, 7) is 2.35. The molecule has 3 nitrogen and oxygen atoms in total. The number of rotatable bonds is 5. The Hall–Kier alpha value is -3.07. The molecule has 0 spiro atoms. The van der Waals surface area contributed by atoms with E-state index in [0.29, 0.717) is 0 Å². The zero-order chi connectivity index (χ0) is 18.3. The third kappa shape index (κ3) is 4.76. The third-order valence-corrected chi connectivity index (χ3v) is 4.91. The second-order valence-corrected chi connectivity index (χ2v) is 6.94. The molecule has 0 radical (unpaired) electrons. The maximum atomic E-state index is 4.60. The molecule has 1 fully saturated rings. The summed E-state index contributed by atoms with van der Waals surface area (Å²) in [6.07, 6.45) is 5.90. The van der Waals surface area contributed by atoms with E-state index in [-0.39, 0.29) is 0 Å². The van der Waals surface area contributed by atoms with E-state index in [1.165, 1.54) is 38.0 Å². The molecule has 1 aliphatic rings. The van der Waals surface area contributed by atoms with Crippen LogP contribution in [0.1, 0.15) is 24.8 Å². The average molecular weight is 355 g/mol. The SMILES string of the molecule is C(=Nc1ccc(Nc2ccccc2)cc1)c1ccc(N2CCCCC2)cc1. The Morgan fingerprint density at radius 3 is 2.07 bits per heavy atom. The van der Waals surface area contributed by atoms with Crippen molar-refractivity contribution in [2.45, 2.75) is 19.3 Å². The van der Waals surface area contributed by atoms with Crippen LogP contribution in [-0.4, -0.2) is 19.3 Å². The van der Waals surface area contributed by atoms with Crippen molar-refractivity contribution in [1.82, 2.24) is 0 Å². The molecule has 3 aromatic carbocycles.